The molecule has 8 heteroatoms. The molecule has 0 bridgehead atoms. The number of carbonyl (C=O) groups excluding carboxylic acids is 2. The first-order valence-corrected chi connectivity index (χ1v) is 11.8. The van der Waals surface area contributed by atoms with Gasteiger partial charge in [0.2, 0.25) is 0 Å². The Morgan fingerprint density at radius 2 is 1.88 bits per heavy atom. The summed E-state index contributed by atoms with van der Waals surface area (Å²) < 4.78 is 6.93. The van der Waals surface area contributed by atoms with E-state index in [1.54, 1.807) is 22.7 Å². The minimum absolute atomic E-state index is 0.000602. The number of fused-ring (bicyclic) bond motifs is 1. The van der Waals surface area contributed by atoms with Gasteiger partial charge in [-0.15, -0.1) is 0 Å². The van der Waals surface area contributed by atoms with Crippen LogP contribution >= 0.6 is 11.6 Å². The molecule has 1 N–H and O–H groups in total. The number of esters is 1. The van der Waals surface area contributed by atoms with Crippen LogP contribution in [-0.4, -0.2) is 41.0 Å². The third-order valence-corrected chi connectivity index (χ3v) is 6.31. The van der Waals surface area contributed by atoms with Crippen molar-refractivity contribution in [1.82, 2.24) is 14.7 Å². The van der Waals surface area contributed by atoms with E-state index in [2.05, 4.69) is 27.3 Å². The number of hydrogen-bond acceptors (Lipinski definition) is 5. The molecule has 0 saturated carbocycles. The molecule has 174 valence electrons. The number of nitrogens with one attached hydrogen (secondary N) is 1. The summed E-state index contributed by atoms with van der Waals surface area (Å²) in [6, 6.07) is 11.7. The van der Waals surface area contributed by atoms with E-state index in [1.807, 2.05) is 26.0 Å². The first-order chi connectivity index (χ1) is 16.0. The van der Waals surface area contributed by atoms with E-state index < -0.39 is 0 Å². The fourth-order valence-electron chi connectivity index (χ4n) is 4.28. The lowest BCUT2D eigenvalue weighted by molar-refractivity contribution is -0.148. The zero-order valence-corrected chi connectivity index (χ0v) is 19.8. The van der Waals surface area contributed by atoms with E-state index in [-0.39, 0.29) is 17.8 Å². The lowest BCUT2D eigenvalue weighted by Gasteiger charge is -2.32. The van der Waals surface area contributed by atoms with E-state index in [0.29, 0.717) is 35.9 Å². The number of halogens is 1. The number of aromatic nitrogens is 2. The van der Waals surface area contributed by atoms with E-state index in [1.165, 1.54) is 0 Å². The Kier molecular flexibility index (Phi) is 7.18. The zero-order chi connectivity index (χ0) is 23.4. The van der Waals surface area contributed by atoms with Crippen LogP contribution in [0.25, 0.3) is 5.65 Å². The topological polar surface area (TPSA) is 75.9 Å². The minimum atomic E-state index is -0.160. The van der Waals surface area contributed by atoms with Crippen molar-refractivity contribution >= 4 is 34.8 Å². The van der Waals surface area contributed by atoms with Crippen molar-refractivity contribution in [3.63, 3.8) is 0 Å². The van der Waals surface area contributed by atoms with Crippen molar-refractivity contribution in [2.75, 3.05) is 24.6 Å². The Morgan fingerprint density at radius 1 is 1.15 bits per heavy atom. The minimum Gasteiger partial charge on any atom is -0.466 e. The Hall–Kier alpha value is -3.06. The maximum absolute atomic E-state index is 13.0. The number of benzene rings is 1. The summed E-state index contributed by atoms with van der Waals surface area (Å²) in [5, 5.41) is 3.60. The monoisotopic (exact) mass is 468 g/mol. The highest BCUT2D eigenvalue weighted by molar-refractivity contribution is 6.30. The lowest BCUT2D eigenvalue weighted by Crippen LogP contribution is -2.37. The molecule has 1 aliphatic heterocycles. The quantitative estimate of drug-likeness (QED) is 0.524. The number of aryl methyl sites for hydroxylation is 1. The van der Waals surface area contributed by atoms with Gasteiger partial charge in [0.05, 0.1) is 18.2 Å². The molecule has 3 heterocycles. The van der Waals surface area contributed by atoms with Gasteiger partial charge in [-0.3, -0.25) is 14.0 Å². The first kappa shape index (κ1) is 23.1. The van der Waals surface area contributed by atoms with Crippen LogP contribution in [0.1, 0.15) is 48.4 Å². The smallest absolute Gasteiger partial charge is 0.309 e. The summed E-state index contributed by atoms with van der Waals surface area (Å²) in [6.07, 6.45) is 4.05. The van der Waals surface area contributed by atoms with Crippen molar-refractivity contribution in [1.29, 1.82) is 0 Å². The fraction of sp³-hybridized carbons (Fsp3) is 0.400. The number of piperidine rings is 1. The van der Waals surface area contributed by atoms with Gasteiger partial charge in [-0.05, 0) is 49.9 Å². The van der Waals surface area contributed by atoms with Crippen molar-refractivity contribution in [3.05, 3.63) is 64.6 Å². The molecular formula is C25H29ClN4O3. The molecule has 1 aliphatic rings. The Labute approximate surface area is 198 Å². The van der Waals surface area contributed by atoms with Crippen molar-refractivity contribution in [2.45, 2.75) is 39.7 Å². The Bertz CT molecular complexity index is 1130. The molecule has 0 atom stereocenters. The van der Waals surface area contributed by atoms with E-state index in [9.17, 15) is 9.59 Å². The molecule has 0 unspecified atom stereocenters. The normalized spacial score (nSPS) is 14.5. The molecule has 1 amide bonds. The van der Waals surface area contributed by atoms with Crippen LogP contribution in [0.5, 0.6) is 0 Å². The Balaban J connectivity index is 1.36. The molecule has 1 aromatic carbocycles. The lowest BCUT2D eigenvalue weighted by atomic mass is 9.96. The van der Waals surface area contributed by atoms with Crippen LogP contribution in [0, 0.1) is 5.92 Å². The van der Waals surface area contributed by atoms with Gasteiger partial charge in [-0.1, -0.05) is 30.7 Å². The standard InChI is InChI=1S/C25H29ClN4O3/c1-3-21-23(30-14-11-19(26)15-22(30)28-21)24(31)27-16-17-5-7-20(8-6-17)29-12-9-18(10-13-29)25(32)33-4-2/h5-8,11,14-15,18H,3-4,9-10,12-13,16H2,1-2H3,(H,27,31). The van der Waals surface area contributed by atoms with Crippen molar-refractivity contribution in [3.8, 4) is 0 Å². The summed E-state index contributed by atoms with van der Waals surface area (Å²) >= 11 is 6.07. The van der Waals surface area contributed by atoms with Crippen LogP contribution < -0.4 is 10.2 Å². The van der Waals surface area contributed by atoms with Gasteiger partial charge in [-0.2, -0.15) is 0 Å². The maximum atomic E-state index is 13.0. The summed E-state index contributed by atoms with van der Waals surface area (Å²) in [5.41, 5.74) is 4.10. The van der Waals surface area contributed by atoms with Gasteiger partial charge in [-0.25, -0.2) is 4.98 Å². The van der Waals surface area contributed by atoms with Crippen LogP contribution in [0.4, 0.5) is 5.69 Å². The van der Waals surface area contributed by atoms with Crippen LogP contribution in [0.15, 0.2) is 42.6 Å². The number of carbonyl (C=O) groups is 2. The predicted octanol–water partition coefficient (Wildman–Crippen LogP) is 4.26. The average Bonchev–Trinajstić information content (AvgIpc) is 3.21. The van der Waals surface area contributed by atoms with E-state index >= 15 is 0 Å². The summed E-state index contributed by atoms with van der Waals surface area (Å²) in [5.74, 6) is -0.241. The van der Waals surface area contributed by atoms with Gasteiger partial charge >= 0.3 is 5.97 Å². The van der Waals surface area contributed by atoms with E-state index in [0.717, 1.165) is 42.9 Å². The summed E-state index contributed by atoms with van der Waals surface area (Å²) in [7, 11) is 0. The first-order valence-electron chi connectivity index (χ1n) is 11.4. The van der Waals surface area contributed by atoms with Gasteiger partial charge in [0.25, 0.3) is 5.91 Å². The number of hydrogen-bond donors (Lipinski definition) is 1. The summed E-state index contributed by atoms with van der Waals surface area (Å²) in [6.45, 7) is 6.34. The SMILES string of the molecule is CCOC(=O)C1CCN(c2ccc(CNC(=O)c3c(CC)nc4cc(Cl)ccn34)cc2)CC1. The Morgan fingerprint density at radius 3 is 2.55 bits per heavy atom. The van der Waals surface area contributed by atoms with Crippen molar-refractivity contribution < 1.29 is 14.3 Å². The second-order valence-corrected chi connectivity index (χ2v) is 8.63. The molecule has 2 aromatic heterocycles. The third kappa shape index (κ3) is 5.14. The molecule has 4 rings (SSSR count). The average molecular weight is 469 g/mol. The van der Waals surface area contributed by atoms with Gasteiger partial charge in [0.15, 0.2) is 0 Å². The van der Waals surface area contributed by atoms with Gasteiger partial charge < -0.3 is 15.0 Å². The number of amides is 1. The second kappa shape index (κ2) is 10.3. The number of nitrogens with zero attached hydrogens (tertiary/aromatic N) is 3. The molecular weight excluding hydrogens is 440 g/mol. The van der Waals surface area contributed by atoms with Crippen molar-refractivity contribution in [2.24, 2.45) is 5.92 Å². The molecule has 0 aliphatic carbocycles. The number of pyridine rings is 1. The maximum Gasteiger partial charge on any atom is 0.309 e. The molecule has 0 radical (unpaired) electrons. The highest BCUT2D eigenvalue weighted by atomic mass is 35.5. The molecule has 7 nitrogen and oxygen atoms in total. The molecule has 1 saturated heterocycles. The molecule has 1 fully saturated rings. The predicted molar refractivity (Wildman–Crippen MR) is 129 cm³/mol. The highest BCUT2D eigenvalue weighted by Gasteiger charge is 2.26. The molecule has 33 heavy (non-hydrogen) atoms. The highest BCUT2D eigenvalue weighted by Crippen LogP contribution is 2.24. The van der Waals surface area contributed by atoms with E-state index in [4.69, 9.17) is 16.3 Å². The second-order valence-electron chi connectivity index (χ2n) is 8.20. The van der Waals surface area contributed by atoms with Crippen LogP contribution in [0.2, 0.25) is 5.02 Å². The number of ether oxygens (including phenoxy) is 1. The summed E-state index contributed by atoms with van der Waals surface area (Å²) in [4.78, 5) is 31.7. The largest absolute Gasteiger partial charge is 0.466 e. The van der Waals surface area contributed by atoms with Gasteiger partial charge in [0, 0.05) is 42.6 Å². The van der Waals surface area contributed by atoms with Crippen LogP contribution in [-0.2, 0) is 22.5 Å². The number of rotatable bonds is 7. The molecule has 0 spiro atoms. The molecule has 3 aromatic rings. The van der Waals surface area contributed by atoms with Crippen LogP contribution in [0.3, 0.4) is 0 Å². The third-order valence-electron chi connectivity index (χ3n) is 6.08. The number of anilines is 1. The van der Waals surface area contributed by atoms with Gasteiger partial charge in [0.1, 0.15) is 11.3 Å². The number of imidazole rings is 1. The fourth-order valence-corrected chi connectivity index (χ4v) is 4.43. The zero-order valence-electron chi connectivity index (χ0n) is 19.0.